The van der Waals surface area contributed by atoms with Gasteiger partial charge in [0.05, 0.1) is 5.41 Å². The van der Waals surface area contributed by atoms with E-state index >= 15 is 0 Å². The van der Waals surface area contributed by atoms with Crippen LogP contribution in [0.1, 0.15) is 0 Å². The highest BCUT2D eigenvalue weighted by Gasteiger charge is 1.98. The smallest absolute Gasteiger partial charge is 0.257 e. The Kier molecular flexibility index (Phi) is 3.26. The van der Waals surface area contributed by atoms with Gasteiger partial charge in [-0.05, 0) is 0 Å². The third kappa shape index (κ3) is 3.99. The van der Waals surface area contributed by atoms with E-state index in [0.29, 0.717) is 5.41 Å². The van der Waals surface area contributed by atoms with Crippen molar-refractivity contribution in [1.82, 2.24) is 4.72 Å². The summed E-state index contributed by atoms with van der Waals surface area (Å²) < 4.78 is 22.2. The number of hydrogen-bond acceptors (Lipinski definition) is 3. The van der Waals surface area contributed by atoms with Crippen molar-refractivity contribution < 1.29 is 13.2 Å². The van der Waals surface area contributed by atoms with E-state index in [1.54, 1.807) is 4.72 Å². The van der Waals surface area contributed by atoms with E-state index in [2.05, 4.69) is 0 Å². The van der Waals surface area contributed by atoms with Gasteiger partial charge in [0.25, 0.3) is 10.0 Å². The molecule has 0 aromatic rings. The molecule has 0 bridgehead atoms. The molecule has 4 nitrogen and oxygen atoms in total. The number of hydrogen-bond donors (Lipinski definition) is 1. The van der Waals surface area contributed by atoms with Crippen LogP contribution < -0.4 is 4.72 Å². The lowest BCUT2D eigenvalue weighted by molar-refractivity contribution is -0.108. The fourth-order valence-electron chi connectivity index (χ4n) is 0.174. The summed E-state index contributed by atoms with van der Waals surface area (Å²) >= 11 is 4.91. The second kappa shape index (κ2) is 3.47. The monoisotopic (exact) mass is 169 g/mol. The first-order valence-electron chi connectivity index (χ1n) is 1.85. The van der Waals surface area contributed by atoms with Crippen LogP contribution in [0.25, 0.3) is 0 Å². The van der Waals surface area contributed by atoms with Gasteiger partial charge in [-0.15, -0.1) is 0 Å². The van der Waals surface area contributed by atoms with Crippen molar-refractivity contribution in [3.8, 4) is 0 Å². The van der Waals surface area contributed by atoms with E-state index in [0.717, 1.165) is 5.54 Å². The van der Waals surface area contributed by atoms with Crippen molar-refractivity contribution in [2.45, 2.75) is 0 Å². The molecule has 1 amide bonds. The first kappa shape index (κ1) is 8.45. The minimum atomic E-state index is -3.61. The van der Waals surface area contributed by atoms with Crippen molar-refractivity contribution in [2.75, 3.05) is 0 Å². The van der Waals surface area contributed by atoms with E-state index in [4.69, 9.17) is 11.6 Å². The van der Waals surface area contributed by atoms with Gasteiger partial charge in [-0.25, -0.2) is 8.42 Å². The van der Waals surface area contributed by atoms with Crippen LogP contribution in [0.4, 0.5) is 0 Å². The summed E-state index contributed by atoms with van der Waals surface area (Å²) in [5, 5.41) is 0.670. The van der Waals surface area contributed by atoms with Gasteiger partial charge < -0.3 is 0 Å². The van der Waals surface area contributed by atoms with E-state index in [1.165, 1.54) is 0 Å². The molecule has 0 aromatic heterocycles. The SMILES string of the molecule is O=CNS(=O)(=O)C=CCl. The Labute approximate surface area is 57.6 Å². The average Bonchev–Trinajstić information content (AvgIpc) is 1.64. The molecule has 9 heavy (non-hydrogen) atoms. The van der Waals surface area contributed by atoms with Crippen LogP contribution in [-0.2, 0) is 14.8 Å². The molecule has 0 aromatic carbocycles. The Hall–Kier alpha value is -0.550. The number of rotatable bonds is 3. The van der Waals surface area contributed by atoms with Crippen molar-refractivity contribution in [1.29, 1.82) is 0 Å². The summed E-state index contributed by atoms with van der Waals surface area (Å²) in [6.45, 7) is 0. The molecule has 0 saturated carbocycles. The van der Waals surface area contributed by atoms with Gasteiger partial charge in [0.1, 0.15) is 0 Å². The lowest BCUT2D eigenvalue weighted by Gasteiger charge is -1.89. The highest BCUT2D eigenvalue weighted by Crippen LogP contribution is 1.86. The fourth-order valence-corrected chi connectivity index (χ4v) is 0.928. The van der Waals surface area contributed by atoms with Crippen LogP contribution in [0, 0.1) is 0 Å². The molecule has 0 saturated heterocycles. The molecule has 0 aliphatic carbocycles. The zero-order chi connectivity index (χ0) is 7.33. The van der Waals surface area contributed by atoms with E-state index in [-0.39, 0.29) is 6.41 Å². The van der Waals surface area contributed by atoms with Gasteiger partial charge >= 0.3 is 0 Å². The molecular formula is C3H4ClNO3S. The minimum Gasteiger partial charge on any atom is -0.278 e. The third-order valence-electron chi connectivity index (χ3n) is 0.443. The Morgan fingerprint density at radius 2 is 2.00 bits per heavy atom. The molecule has 0 atom stereocenters. The molecule has 0 rings (SSSR count). The van der Waals surface area contributed by atoms with E-state index in [1.807, 2.05) is 0 Å². The highest BCUT2D eigenvalue weighted by atomic mass is 35.5. The molecule has 0 fully saturated rings. The predicted molar refractivity (Wildman–Crippen MR) is 33.1 cm³/mol. The van der Waals surface area contributed by atoms with Crippen LogP contribution in [0.15, 0.2) is 10.9 Å². The summed E-state index contributed by atoms with van der Waals surface area (Å²) in [6.07, 6.45) is 0.0617. The fraction of sp³-hybridized carbons (Fsp3) is 0. The van der Waals surface area contributed by atoms with Gasteiger partial charge in [0, 0.05) is 5.54 Å². The average molecular weight is 170 g/mol. The topological polar surface area (TPSA) is 63.2 Å². The maximum atomic E-state index is 10.3. The molecule has 1 N–H and O–H groups in total. The first-order valence-corrected chi connectivity index (χ1v) is 3.83. The Morgan fingerprint density at radius 1 is 1.44 bits per heavy atom. The summed E-state index contributed by atoms with van der Waals surface area (Å²) in [5.74, 6) is 0. The molecule has 0 radical (unpaired) electrons. The second-order valence-electron chi connectivity index (χ2n) is 1.04. The third-order valence-corrected chi connectivity index (χ3v) is 1.64. The molecule has 0 spiro atoms. The molecule has 6 heteroatoms. The second-order valence-corrected chi connectivity index (χ2v) is 2.89. The zero-order valence-electron chi connectivity index (χ0n) is 4.24. The molecule has 0 unspecified atom stereocenters. The quantitative estimate of drug-likeness (QED) is 0.594. The maximum absolute atomic E-state index is 10.3. The van der Waals surface area contributed by atoms with Crippen molar-refractivity contribution in [2.24, 2.45) is 0 Å². The summed E-state index contributed by atoms with van der Waals surface area (Å²) in [7, 11) is -3.61. The van der Waals surface area contributed by atoms with Crippen LogP contribution in [0.2, 0.25) is 0 Å². The van der Waals surface area contributed by atoms with Crippen molar-refractivity contribution >= 4 is 28.0 Å². The lowest BCUT2D eigenvalue weighted by Crippen LogP contribution is -2.18. The van der Waals surface area contributed by atoms with Crippen LogP contribution in [0.3, 0.4) is 0 Å². The molecule has 0 aliphatic rings. The number of amides is 1. The molecule has 52 valence electrons. The lowest BCUT2D eigenvalue weighted by atomic mass is 11.3. The molecular weight excluding hydrogens is 166 g/mol. The van der Waals surface area contributed by atoms with Gasteiger partial charge in [0.15, 0.2) is 0 Å². The van der Waals surface area contributed by atoms with Gasteiger partial charge in [-0.3, -0.25) is 9.52 Å². The summed E-state index contributed by atoms with van der Waals surface area (Å²) in [6, 6.07) is 0. The molecule has 0 heterocycles. The van der Waals surface area contributed by atoms with E-state index < -0.39 is 10.0 Å². The number of carbonyl (C=O) groups excluding carboxylic acids is 1. The largest absolute Gasteiger partial charge is 0.278 e. The van der Waals surface area contributed by atoms with Crippen molar-refractivity contribution in [3.63, 3.8) is 0 Å². The Bertz CT molecular complexity index is 207. The number of nitrogens with one attached hydrogen (secondary N) is 1. The van der Waals surface area contributed by atoms with Crippen LogP contribution in [0.5, 0.6) is 0 Å². The van der Waals surface area contributed by atoms with E-state index in [9.17, 15) is 13.2 Å². The van der Waals surface area contributed by atoms with Gasteiger partial charge in [0.2, 0.25) is 6.41 Å². The number of sulfonamides is 1. The highest BCUT2D eigenvalue weighted by molar-refractivity contribution is 7.92. The van der Waals surface area contributed by atoms with Gasteiger partial charge in [-0.1, -0.05) is 11.6 Å². The Morgan fingerprint density at radius 3 is 2.33 bits per heavy atom. The van der Waals surface area contributed by atoms with Crippen molar-refractivity contribution in [3.05, 3.63) is 10.9 Å². The number of carbonyl (C=O) groups is 1. The number of halogens is 1. The van der Waals surface area contributed by atoms with Crippen LogP contribution in [-0.4, -0.2) is 14.8 Å². The standard InChI is InChI=1S/C3H4ClNO3S/c4-1-2-9(7,8)5-3-6/h1-3H,(H,5,6). The summed E-state index contributed by atoms with van der Waals surface area (Å²) in [5.41, 5.74) is 0.797. The minimum absolute atomic E-state index is 0.0617. The zero-order valence-corrected chi connectivity index (χ0v) is 5.82. The normalized spacial score (nSPS) is 11.7. The molecule has 0 aliphatic heterocycles. The Balaban J connectivity index is 4.22. The van der Waals surface area contributed by atoms with Gasteiger partial charge in [-0.2, -0.15) is 0 Å². The summed E-state index contributed by atoms with van der Waals surface area (Å²) in [4.78, 5) is 9.53. The van der Waals surface area contributed by atoms with Crippen LogP contribution >= 0.6 is 11.6 Å². The maximum Gasteiger partial charge on any atom is 0.257 e. The predicted octanol–water partition coefficient (Wildman–Crippen LogP) is -0.228. The first-order chi connectivity index (χ1) is 4.12.